The highest BCUT2D eigenvalue weighted by Gasteiger charge is 2.22. The summed E-state index contributed by atoms with van der Waals surface area (Å²) >= 11 is 6.04. The zero-order chi connectivity index (χ0) is 16.9. The first-order chi connectivity index (χ1) is 11.7. The molecule has 1 amide bonds. The Hall–Kier alpha value is -2.14. The van der Waals surface area contributed by atoms with Gasteiger partial charge < -0.3 is 10.2 Å². The molecule has 1 N–H and O–H groups in total. The molecule has 1 saturated heterocycles. The van der Waals surface area contributed by atoms with E-state index in [1.165, 1.54) is 19.3 Å². The zero-order valence-corrected chi connectivity index (χ0v) is 14.5. The number of anilines is 2. The lowest BCUT2D eigenvalue weighted by atomic mass is 10.0. The Labute approximate surface area is 147 Å². The molecule has 1 aliphatic heterocycles. The van der Waals surface area contributed by atoms with Gasteiger partial charge in [-0.1, -0.05) is 30.7 Å². The molecule has 0 radical (unpaired) electrons. The fraction of sp³-hybridized carbons (Fsp3) is 0.389. The molecule has 3 rings (SSSR count). The molecule has 5 nitrogen and oxygen atoms in total. The van der Waals surface area contributed by atoms with Crippen LogP contribution in [0.5, 0.6) is 0 Å². The monoisotopic (exact) mass is 344 g/mol. The fourth-order valence-electron chi connectivity index (χ4n) is 3.10. The number of hydrogen-bond donors (Lipinski definition) is 1. The number of carbonyl (C=O) groups is 1. The summed E-state index contributed by atoms with van der Waals surface area (Å²) in [6, 6.07) is 11.2. The van der Waals surface area contributed by atoms with E-state index in [0.29, 0.717) is 22.4 Å². The quantitative estimate of drug-likeness (QED) is 0.905. The number of benzene rings is 1. The van der Waals surface area contributed by atoms with Gasteiger partial charge in [0, 0.05) is 12.6 Å². The number of rotatable bonds is 4. The number of amides is 1. The van der Waals surface area contributed by atoms with E-state index in [1.54, 1.807) is 30.3 Å². The normalized spacial score (nSPS) is 17.6. The van der Waals surface area contributed by atoms with Crippen molar-refractivity contribution in [2.24, 2.45) is 0 Å². The van der Waals surface area contributed by atoms with Gasteiger partial charge in [0.25, 0.3) is 5.91 Å². The molecule has 0 saturated carbocycles. The summed E-state index contributed by atoms with van der Waals surface area (Å²) in [7, 11) is 0. The van der Waals surface area contributed by atoms with Gasteiger partial charge in [-0.3, -0.25) is 4.79 Å². The molecule has 126 valence electrons. The van der Waals surface area contributed by atoms with Crippen LogP contribution >= 0.6 is 11.6 Å². The summed E-state index contributed by atoms with van der Waals surface area (Å²) < 4.78 is 0. The number of piperidine rings is 1. The lowest BCUT2D eigenvalue weighted by Crippen LogP contribution is -2.39. The lowest BCUT2D eigenvalue weighted by Gasteiger charge is -2.35. The van der Waals surface area contributed by atoms with Crippen LogP contribution in [0.1, 0.15) is 43.0 Å². The number of halogens is 1. The summed E-state index contributed by atoms with van der Waals surface area (Å²) in [5, 5.41) is 11.6. The van der Waals surface area contributed by atoms with Gasteiger partial charge in [0.15, 0.2) is 11.6 Å². The molecule has 0 aliphatic carbocycles. The third-order valence-electron chi connectivity index (χ3n) is 4.40. The first-order valence-electron chi connectivity index (χ1n) is 8.35. The molecule has 1 aromatic carbocycles. The van der Waals surface area contributed by atoms with Crippen LogP contribution < -0.4 is 10.2 Å². The van der Waals surface area contributed by atoms with E-state index >= 15 is 0 Å². The Bertz CT molecular complexity index is 704. The molecule has 0 bridgehead atoms. The molecule has 6 heteroatoms. The first-order valence-corrected chi connectivity index (χ1v) is 8.73. The molecule has 0 spiro atoms. The van der Waals surface area contributed by atoms with Crippen molar-refractivity contribution in [1.82, 2.24) is 10.2 Å². The Balaban J connectivity index is 1.70. The predicted octanol–water partition coefficient (Wildman–Crippen LogP) is 4.15. The highest BCUT2D eigenvalue weighted by Crippen LogP contribution is 2.25. The Morgan fingerprint density at radius 1 is 1.25 bits per heavy atom. The Morgan fingerprint density at radius 3 is 2.79 bits per heavy atom. The molecule has 1 unspecified atom stereocenters. The van der Waals surface area contributed by atoms with Gasteiger partial charge in [0.05, 0.1) is 10.6 Å². The largest absolute Gasteiger partial charge is 0.352 e. The third kappa shape index (κ3) is 3.67. The van der Waals surface area contributed by atoms with Crippen molar-refractivity contribution in [3.05, 3.63) is 47.0 Å². The van der Waals surface area contributed by atoms with Gasteiger partial charge in [-0.2, -0.15) is 0 Å². The van der Waals surface area contributed by atoms with Gasteiger partial charge >= 0.3 is 0 Å². The van der Waals surface area contributed by atoms with Crippen molar-refractivity contribution in [3.8, 4) is 0 Å². The maximum atomic E-state index is 12.2. The van der Waals surface area contributed by atoms with E-state index in [4.69, 9.17) is 11.6 Å². The third-order valence-corrected chi connectivity index (χ3v) is 4.73. The smallest absolute Gasteiger partial charge is 0.258 e. The van der Waals surface area contributed by atoms with Gasteiger partial charge in [0.2, 0.25) is 0 Å². The van der Waals surface area contributed by atoms with E-state index < -0.39 is 0 Å². The van der Waals surface area contributed by atoms with E-state index in [0.717, 1.165) is 18.8 Å². The minimum Gasteiger partial charge on any atom is -0.352 e. The van der Waals surface area contributed by atoms with Gasteiger partial charge in [-0.05, 0) is 49.9 Å². The Morgan fingerprint density at radius 2 is 2.08 bits per heavy atom. The minimum absolute atomic E-state index is 0.285. The van der Waals surface area contributed by atoms with Crippen LogP contribution in [0.25, 0.3) is 0 Å². The van der Waals surface area contributed by atoms with Gasteiger partial charge in [0.1, 0.15) is 0 Å². The summed E-state index contributed by atoms with van der Waals surface area (Å²) in [6.07, 6.45) is 4.76. The molecular weight excluding hydrogens is 324 g/mol. The van der Waals surface area contributed by atoms with E-state index in [9.17, 15) is 4.79 Å². The number of aromatic nitrogens is 2. The van der Waals surface area contributed by atoms with Crippen LogP contribution in [0.2, 0.25) is 5.02 Å². The molecule has 1 aromatic heterocycles. The van der Waals surface area contributed by atoms with Crippen LogP contribution in [0.15, 0.2) is 36.4 Å². The highest BCUT2D eigenvalue weighted by molar-refractivity contribution is 6.34. The lowest BCUT2D eigenvalue weighted by molar-refractivity contribution is 0.102. The van der Waals surface area contributed by atoms with E-state index in [-0.39, 0.29) is 5.91 Å². The summed E-state index contributed by atoms with van der Waals surface area (Å²) in [5.41, 5.74) is 0.423. The molecule has 1 atom stereocenters. The van der Waals surface area contributed by atoms with E-state index in [1.807, 2.05) is 6.07 Å². The number of carbonyl (C=O) groups excluding carboxylic acids is 1. The maximum absolute atomic E-state index is 12.2. The minimum atomic E-state index is -0.285. The molecule has 2 heterocycles. The van der Waals surface area contributed by atoms with Crippen molar-refractivity contribution >= 4 is 29.1 Å². The van der Waals surface area contributed by atoms with Crippen molar-refractivity contribution in [2.75, 3.05) is 16.8 Å². The van der Waals surface area contributed by atoms with Crippen LogP contribution in [0, 0.1) is 0 Å². The maximum Gasteiger partial charge on any atom is 0.258 e. The second kappa shape index (κ2) is 7.62. The van der Waals surface area contributed by atoms with Gasteiger partial charge in [-0.15, -0.1) is 10.2 Å². The van der Waals surface area contributed by atoms with Crippen molar-refractivity contribution in [2.45, 2.75) is 38.6 Å². The predicted molar refractivity (Wildman–Crippen MR) is 96.7 cm³/mol. The average molecular weight is 345 g/mol. The van der Waals surface area contributed by atoms with Crippen molar-refractivity contribution in [3.63, 3.8) is 0 Å². The molecular formula is C18H21ClN4O. The highest BCUT2D eigenvalue weighted by atomic mass is 35.5. The van der Waals surface area contributed by atoms with E-state index in [2.05, 4.69) is 27.3 Å². The molecule has 24 heavy (non-hydrogen) atoms. The summed E-state index contributed by atoms with van der Waals surface area (Å²) in [4.78, 5) is 14.6. The second-order valence-electron chi connectivity index (χ2n) is 5.96. The van der Waals surface area contributed by atoms with Crippen molar-refractivity contribution in [1.29, 1.82) is 0 Å². The number of hydrogen-bond acceptors (Lipinski definition) is 4. The van der Waals surface area contributed by atoms with Gasteiger partial charge in [-0.25, -0.2) is 0 Å². The SMILES string of the molecule is CCC1CCCCN1c1ccc(NC(=O)c2ccccc2Cl)nn1. The summed E-state index contributed by atoms with van der Waals surface area (Å²) in [6.45, 7) is 3.22. The van der Waals surface area contributed by atoms with Crippen LogP contribution in [0.4, 0.5) is 11.6 Å². The zero-order valence-electron chi connectivity index (χ0n) is 13.7. The average Bonchev–Trinajstić information content (AvgIpc) is 2.62. The standard InChI is InChI=1S/C18H21ClN4O/c1-2-13-7-5-6-12-23(13)17-11-10-16(21-22-17)20-18(24)14-8-3-4-9-15(14)19/h3-4,8-11,13H,2,5-7,12H2,1H3,(H,20,21,24). The topological polar surface area (TPSA) is 58.1 Å². The number of nitrogens with zero attached hydrogens (tertiary/aromatic N) is 3. The second-order valence-corrected chi connectivity index (χ2v) is 6.37. The molecule has 1 fully saturated rings. The fourth-order valence-corrected chi connectivity index (χ4v) is 3.32. The molecule has 2 aromatic rings. The molecule has 1 aliphatic rings. The van der Waals surface area contributed by atoms with Crippen LogP contribution in [-0.2, 0) is 0 Å². The Kier molecular flexibility index (Phi) is 5.30. The van der Waals surface area contributed by atoms with Crippen molar-refractivity contribution < 1.29 is 4.79 Å². The van der Waals surface area contributed by atoms with Crippen LogP contribution in [0.3, 0.4) is 0 Å². The first kappa shape index (κ1) is 16.7. The van der Waals surface area contributed by atoms with Crippen LogP contribution in [-0.4, -0.2) is 28.7 Å². The summed E-state index contributed by atoms with van der Waals surface area (Å²) in [5.74, 6) is 1.01. The number of nitrogens with one attached hydrogen (secondary N) is 1.